The lowest BCUT2D eigenvalue weighted by atomic mass is 9.94. The maximum absolute atomic E-state index is 12.3. The molecule has 486 valence electrons. The molecule has 17 heteroatoms. The highest BCUT2D eigenvalue weighted by Crippen LogP contribution is 2.32. The molecule has 0 radical (unpaired) electrons. The molecule has 94 heavy (non-hydrogen) atoms. The first-order valence-electron chi connectivity index (χ1n) is 31.3. The molecular formula is C77H80N4O8S5. The fourth-order valence-corrected chi connectivity index (χ4v) is 13.9. The molecule has 2 fully saturated rings. The smallest absolute Gasteiger partial charge is 0.331 e. The fraction of sp³-hybridized carbons (Fsp3) is 0.221. The van der Waals surface area contributed by atoms with E-state index in [1.165, 1.54) is 39.2 Å². The Kier molecular flexibility index (Phi) is 31.5. The molecule has 10 aromatic rings. The molecule has 12 rings (SSSR count). The lowest BCUT2D eigenvalue weighted by Gasteiger charge is -2.26. The highest BCUT2D eigenvalue weighted by atomic mass is 32.1. The number of hydrogen-bond acceptors (Lipinski definition) is 15. The summed E-state index contributed by atoms with van der Waals surface area (Å²) in [7, 11) is 0. The summed E-state index contributed by atoms with van der Waals surface area (Å²) < 4.78 is 15.7. The summed E-state index contributed by atoms with van der Waals surface area (Å²) in [5.41, 5.74) is 7.81. The molecule has 2 aliphatic rings. The van der Waals surface area contributed by atoms with Crippen molar-refractivity contribution < 1.29 is 38.5 Å². The van der Waals surface area contributed by atoms with Crippen molar-refractivity contribution in [2.45, 2.75) is 19.3 Å². The number of hydrogen-bond donors (Lipinski definition) is 3. The van der Waals surface area contributed by atoms with E-state index >= 15 is 0 Å². The van der Waals surface area contributed by atoms with Crippen molar-refractivity contribution in [3.05, 3.63) is 310 Å². The SMILES string of the molecule is CCOC(=O)C=C(c1ccccc1)c1cccs1.O=C(C=C(c1ccccc1)c1cccs1)NCCN1CCOCC1.O=C(O)C=C(c1ccccc1)c1cccs1.O=C(c1ccccc1)c1cccs1.c1ccc(C(CCNCCN2CCOCC2)c2cccs2)cc1. The van der Waals surface area contributed by atoms with Gasteiger partial charge in [-0.25, -0.2) is 9.59 Å². The molecule has 1 atom stereocenters. The van der Waals surface area contributed by atoms with Gasteiger partial charge in [0.15, 0.2) is 0 Å². The zero-order valence-corrected chi connectivity index (χ0v) is 56.8. The number of thiophene rings is 5. The van der Waals surface area contributed by atoms with Gasteiger partial charge in [0.1, 0.15) is 0 Å². The molecule has 3 N–H and O–H groups in total. The highest BCUT2D eigenvalue weighted by molar-refractivity contribution is 7.12. The van der Waals surface area contributed by atoms with Gasteiger partial charge in [0, 0.05) is 118 Å². The largest absolute Gasteiger partial charge is 0.478 e. The monoisotopic (exact) mass is 1350 g/mol. The number of morpholine rings is 2. The second-order valence-electron chi connectivity index (χ2n) is 21.2. The number of carbonyl (C=O) groups is 4. The zero-order chi connectivity index (χ0) is 65.6. The van der Waals surface area contributed by atoms with Crippen LogP contribution in [-0.2, 0) is 28.6 Å². The van der Waals surface area contributed by atoms with Crippen LogP contribution in [0.3, 0.4) is 0 Å². The second-order valence-corrected chi connectivity index (χ2v) is 26.0. The lowest BCUT2D eigenvalue weighted by Crippen LogP contribution is -2.41. The Hall–Kier alpha value is -8.30. The van der Waals surface area contributed by atoms with Gasteiger partial charge in [0.2, 0.25) is 11.7 Å². The Balaban J connectivity index is 0.000000153. The molecule has 5 aromatic heterocycles. The number of ketones is 1. The average Bonchev–Trinajstić information content (AvgIpc) is 2.24. The molecule has 2 aliphatic heterocycles. The van der Waals surface area contributed by atoms with Crippen LogP contribution in [0.15, 0.2) is 257 Å². The zero-order valence-electron chi connectivity index (χ0n) is 52.8. The Bertz CT molecular complexity index is 3780. The predicted octanol–water partition coefficient (Wildman–Crippen LogP) is 15.8. The maximum atomic E-state index is 12.3. The van der Waals surface area contributed by atoms with Crippen LogP contribution < -0.4 is 10.6 Å². The molecule has 1 unspecified atom stereocenters. The van der Waals surface area contributed by atoms with Crippen LogP contribution in [0.2, 0.25) is 0 Å². The summed E-state index contributed by atoms with van der Waals surface area (Å²) in [5, 5.41) is 25.5. The molecule has 0 aliphatic carbocycles. The van der Waals surface area contributed by atoms with Crippen LogP contribution in [0.1, 0.15) is 76.3 Å². The minimum atomic E-state index is -0.924. The van der Waals surface area contributed by atoms with E-state index < -0.39 is 5.97 Å². The third-order valence-electron chi connectivity index (χ3n) is 14.7. The summed E-state index contributed by atoms with van der Waals surface area (Å²) in [4.78, 5) is 56.7. The number of aliphatic carboxylic acids is 1. The van der Waals surface area contributed by atoms with Crippen molar-refractivity contribution in [3.63, 3.8) is 0 Å². The van der Waals surface area contributed by atoms with Crippen LogP contribution in [0, 0.1) is 0 Å². The van der Waals surface area contributed by atoms with Crippen molar-refractivity contribution in [1.82, 2.24) is 20.4 Å². The van der Waals surface area contributed by atoms with Gasteiger partial charge in [0.25, 0.3) is 0 Å². The first kappa shape index (κ1) is 71.5. The number of rotatable bonds is 23. The molecular weight excluding hydrogens is 1270 g/mol. The van der Waals surface area contributed by atoms with E-state index in [9.17, 15) is 19.2 Å². The Morgan fingerprint density at radius 1 is 0.468 bits per heavy atom. The van der Waals surface area contributed by atoms with Crippen molar-refractivity contribution in [3.8, 4) is 0 Å². The van der Waals surface area contributed by atoms with Gasteiger partial charge in [-0.2, -0.15) is 0 Å². The number of carbonyl (C=O) groups excluding carboxylic acids is 3. The third kappa shape index (κ3) is 24.9. The van der Waals surface area contributed by atoms with E-state index in [0.717, 1.165) is 144 Å². The van der Waals surface area contributed by atoms with Gasteiger partial charge < -0.3 is 30.0 Å². The van der Waals surface area contributed by atoms with E-state index in [-0.39, 0.29) is 17.7 Å². The van der Waals surface area contributed by atoms with Gasteiger partial charge >= 0.3 is 11.9 Å². The Labute approximate surface area is 572 Å². The van der Waals surface area contributed by atoms with Crippen LogP contribution in [0.5, 0.6) is 0 Å². The Morgan fingerprint density at radius 2 is 0.872 bits per heavy atom. The second kappa shape index (κ2) is 41.4. The van der Waals surface area contributed by atoms with Gasteiger partial charge in [-0.05, 0) is 99.4 Å². The molecule has 0 bridgehead atoms. The highest BCUT2D eigenvalue weighted by Gasteiger charge is 2.17. The minimum Gasteiger partial charge on any atom is -0.478 e. The first-order valence-corrected chi connectivity index (χ1v) is 35.7. The molecule has 0 spiro atoms. The van der Waals surface area contributed by atoms with E-state index in [2.05, 4.69) is 68.3 Å². The predicted molar refractivity (Wildman–Crippen MR) is 390 cm³/mol. The van der Waals surface area contributed by atoms with E-state index in [1.807, 2.05) is 203 Å². The number of ether oxygens (including phenoxy) is 3. The topological polar surface area (TPSA) is 147 Å². The summed E-state index contributed by atoms with van der Waals surface area (Å²) in [6.07, 6.45) is 5.67. The molecule has 12 nitrogen and oxygen atoms in total. The van der Waals surface area contributed by atoms with Gasteiger partial charge in [-0.3, -0.25) is 19.4 Å². The van der Waals surface area contributed by atoms with E-state index in [0.29, 0.717) is 19.1 Å². The third-order valence-corrected chi connectivity index (χ3v) is 19.3. The number of carboxylic acids is 1. The summed E-state index contributed by atoms with van der Waals surface area (Å²) in [6, 6.07) is 69.7. The maximum Gasteiger partial charge on any atom is 0.331 e. The molecule has 2 saturated heterocycles. The van der Waals surface area contributed by atoms with Crippen molar-refractivity contribution in [1.29, 1.82) is 0 Å². The van der Waals surface area contributed by atoms with Crippen LogP contribution in [0.25, 0.3) is 16.7 Å². The Morgan fingerprint density at radius 3 is 1.30 bits per heavy atom. The van der Waals surface area contributed by atoms with Crippen molar-refractivity contribution >= 4 is 97.0 Å². The molecule has 7 heterocycles. The number of carboxylic acid groups (broad SMARTS) is 1. The van der Waals surface area contributed by atoms with Crippen LogP contribution >= 0.6 is 56.7 Å². The number of esters is 1. The van der Waals surface area contributed by atoms with E-state index in [4.69, 9.17) is 19.3 Å². The number of nitrogens with zero attached hydrogens (tertiary/aromatic N) is 2. The summed E-state index contributed by atoms with van der Waals surface area (Å²) in [6.45, 7) is 14.3. The summed E-state index contributed by atoms with van der Waals surface area (Å²) in [5.74, 6) is -0.657. The van der Waals surface area contributed by atoms with Crippen molar-refractivity contribution in [2.75, 3.05) is 91.9 Å². The minimum absolute atomic E-state index is 0.0458. The fourth-order valence-electron chi connectivity index (χ4n) is 10.0. The van der Waals surface area contributed by atoms with Crippen LogP contribution in [-0.4, -0.2) is 130 Å². The molecule has 5 aromatic carbocycles. The molecule has 0 saturated carbocycles. The number of amides is 1. The van der Waals surface area contributed by atoms with Crippen LogP contribution in [0.4, 0.5) is 0 Å². The van der Waals surface area contributed by atoms with Crippen molar-refractivity contribution in [2.24, 2.45) is 0 Å². The number of benzene rings is 5. The number of nitrogens with one attached hydrogen (secondary N) is 2. The van der Waals surface area contributed by atoms with Gasteiger partial charge in [-0.15, -0.1) is 56.7 Å². The average molecular weight is 1350 g/mol. The lowest BCUT2D eigenvalue weighted by molar-refractivity contribution is -0.137. The van der Waals surface area contributed by atoms with E-state index in [1.54, 1.807) is 41.7 Å². The quantitative estimate of drug-likeness (QED) is 0.0243. The standard InChI is InChI=1S/C19H22N2O2S.C19H26N2OS.C15H14O2S.C13H10O2S.C11H8OS/c22-19(20-8-9-21-10-12-23-13-11-21)15-17(18-7-4-14-24-18)16-5-2-1-3-6-16;1-2-5-17(6-3-1)18(19-7-4-16-23-19)8-9-20-10-11-21-12-14-22-15-13-21;1-2-17-15(16)11-13(14-9-6-10-18-14)12-7-4-3-5-8-12;14-13(15)9-11(12-7-4-8-16-12)10-5-2-1-3-6-10;12-11(10-7-4-8-13-10)9-5-2-1-3-6-9/h1-7,14-15H,8-13H2,(H,20,22);1-7,16,18,20H,8-15H2;3-11H,2H2,1H3;1-9H,(H,14,15);1-8H. The van der Waals surface area contributed by atoms with Gasteiger partial charge in [0.05, 0.1) is 37.9 Å². The normalized spacial score (nSPS) is 13.8. The first-order chi connectivity index (χ1) is 46.2. The summed E-state index contributed by atoms with van der Waals surface area (Å²) >= 11 is 8.13. The molecule has 1 amide bonds. The van der Waals surface area contributed by atoms with Gasteiger partial charge in [-0.1, -0.05) is 182 Å².